The highest BCUT2D eigenvalue weighted by Gasteiger charge is 2.09. The average Bonchev–Trinajstić information content (AvgIpc) is 2.74. The first kappa shape index (κ1) is 7.89. The van der Waals surface area contributed by atoms with Crippen molar-refractivity contribution in [3.8, 4) is 0 Å². The van der Waals surface area contributed by atoms with Gasteiger partial charge in [-0.3, -0.25) is 0 Å². The maximum absolute atomic E-state index is 4.12. The summed E-state index contributed by atoms with van der Waals surface area (Å²) in [6, 6.07) is 0.617. The molecule has 1 heterocycles. The third-order valence-electron chi connectivity index (χ3n) is 1.99. The highest BCUT2D eigenvalue weighted by molar-refractivity contribution is 6.99. The summed E-state index contributed by atoms with van der Waals surface area (Å²) in [7, 11) is 0. The molecule has 4 heteroatoms. The lowest BCUT2D eigenvalue weighted by molar-refractivity contribution is 0.534. The molecule has 1 aliphatic rings. The summed E-state index contributed by atoms with van der Waals surface area (Å²) in [6.07, 6.45) is 8.56. The number of nitrogens with zero attached hydrogens (tertiary/aromatic N) is 2. The van der Waals surface area contributed by atoms with Crippen molar-refractivity contribution in [1.82, 2.24) is 14.1 Å². The van der Waals surface area contributed by atoms with E-state index in [-0.39, 0.29) is 0 Å². The van der Waals surface area contributed by atoms with E-state index in [2.05, 4.69) is 26.2 Å². The van der Waals surface area contributed by atoms with Crippen LogP contribution in [-0.2, 0) is 6.54 Å². The molecule has 0 saturated heterocycles. The summed E-state index contributed by atoms with van der Waals surface area (Å²) >= 11 is 1.27. The van der Waals surface area contributed by atoms with Crippen LogP contribution in [0.4, 0.5) is 0 Å². The fourth-order valence-electron chi connectivity index (χ4n) is 1.29. The smallest absolute Gasteiger partial charge is 0.0880 e. The molecule has 3 nitrogen and oxygen atoms in total. The van der Waals surface area contributed by atoms with E-state index in [0.717, 1.165) is 25.1 Å². The van der Waals surface area contributed by atoms with Crippen LogP contribution in [0.2, 0.25) is 0 Å². The summed E-state index contributed by atoms with van der Waals surface area (Å²) in [5, 5.41) is 3.43. The minimum atomic E-state index is 0.617. The molecule has 0 atom stereocenters. The predicted molar refractivity (Wildman–Crippen MR) is 48.9 cm³/mol. The largest absolute Gasteiger partial charge is 0.308 e. The van der Waals surface area contributed by atoms with Crippen molar-refractivity contribution in [2.75, 3.05) is 0 Å². The van der Waals surface area contributed by atoms with E-state index >= 15 is 0 Å². The first-order valence-corrected chi connectivity index (χ1v) is 4.83. The van der Waals surface area contributed by atoms with Gasteiger partial charge in [0.1, 0.15) is 0 Å². The molecule has 0 unspecified atom stereocenters. The van der Waals surface area contributed by atoms with Gasteiger partial charge in [-0.15, -0.1) is 0 Å². The van der Waals surface area contributed by atoms with Crippen LogP contribution < -0.4 is 5.32 Å². The van der Waals surface area contributed by atoms with Crippen molar-refractivity contribution in [3.63, 3.8) is 0 Å². The minimum Gasteiger partial charge on any atom is -0.308 e. The SMILES string of the molecule is C1=CCC(NCc2cnsn2)C1. The summed E-state index contributed by atoms with van der Waals surface area (Å²) in [4.78, 5) is 0. The molecule has 0 spiro atoms. The fraction of sp³-hybridized carbons (Fsp3) is 0.500. The maximum atomic E-state index is 4.12. The number of hydrogen-bond acceptors (Lipinski definition) is 4. The van der Waals surface area contributed by atoms with Gasteiger partial charge in [-0.1, -0.05) is 12.2 Å². The first-order chi connectivity index (χ1) is 5.95. The summed E-state index contributed by atoms with van der Waals surface area (Å²) in [6.45, 7) is 0.850. The molecule has 0 bridgehead atoms. The summed E-state index contributed by atoms with van der Waals surface area (Å²) in [5.41, 5.74) is 1.05. The zero-order chi connectivity index (χ0) is 8.23. The molecule has 0 radical (unpaired) electrons. The minimum absolute atomic E-state index is 0.617. The normalized spacial score (nSPS) is 17.3. The van der Waals surface area contributed by atoms with E-state index in [1.54, 1.807) is 0 Å². The van der Waals surface area contributed by atoms with Gasteiger partial charge in [0.25, 0.3) is 0 Å². The van der Waals surface area contributed by atoms with E-state index in [4.69, 9.17) is 0 Å². The van der Waals surface area contributed by atoms with Crippen LogP contribution >= 0.6 is 11.7 Å². The standard InChI is InChI=1S/C8H11N3S/c1-2-4-7(3-1)9-5-8-6-10-12-11-8/h1-2,6-7,9H,3-5H2. The maximum Gasteiger partial charge on any atom is 0.0880 e. The van der Waals surface area contributed by atoms with E-state index in [1.165, 1.54) is 11.7 Å². The van der Waals surface area contributed by atoms with Crippen molar-refractivity contribution in [3.05, 3.63) is 24.0 Å². The molecule has 0 aromatic carbocycles. The lowest BCUT2D eigenvalue weighted by atomic mass is 10.2. The highest BCUT2D eigenvalue weighted by Crippen LogP contribution is 2.09. The Labute approximate surface area is 75.8 Å². The van der Waals surface area contributed by atoms with Crippen molar-refractivity contribution in [2.45, 2.75) is 25.4 Å². The second kappa shape index (κ2) is 3.78. The van der Waals surface area contributed by atoms with Crippen molar-refractivity contribution >= 4 is 11.7 Å². The molecule has 1 aromatic rings. The van der Waals surface area contributed by atoms with Crippen LogP contribution in [-0.4, -0.2) is 14.8 Å². The Morgan fingerprint density at radius 1 is 1.50 bits per heavy atom. The molecule has 1 N–H and O–H groups in total. The molecule has 0 saturated carbocycles. The Hall–Kier alpha value is -0.740. The summed E-state index contributed by atoms with van der Waals surface area (Å²) in [5.74, 6) is 0. The molecular formula is C8H11N3S. The Balaban J connectivity index is 1.75. The Kier molecular flexibility index (Phi) is 2.48. The molecule has 0 fully saturated rings. The number of rotatable bonds is 3. The topological polar surface area (TPSA) is 37.8 Å². The van der Waals surface area contributed by atoms with Crippen molar-refractivity contribution in [2.24, 2.45) is 0 Å². The van der Waals surface area contributed by atoms with Gasteiger partial charge in [-0.25, -0.2) is 0 Å². The van der Waals surface area contributed by atoms with Gasteiger partial charge in [-0.05, 0) is 12.8 Å². The molecule has 64 valence electrons. The molecule has 0 aliphatic heterocycles. The van der Waals surface area contributed by atoms with Crippen molar-refractivity contribution < 1.29 is 0 Å². The second-order valence-corrected chi connectivity index (χ2v) is 3.48. The number of hydrogen-bond donors (Lipinski definition) is 1. The van der Waals surface area contributed by atoms with Crippen LogP contribution in [0.3, 0.4) is 0 Å². The number of nitrogens with one attached hydrogen (secondary N) is 1. The van der Waals surface area contributed by atoms with Crippen LogP contribution in [0, 0.1) is 0 Å². The van der Waals surface area contributed by atoms with Gasteiger partial charge in [0.2, 0.25) is 0 Å². The average molecular weight is 181 g/mol. The third-order valence-corrected chi connectivity index (χ3v) is 2.50. The quantitative estimate of drug-likeness (QED) is 0.715. The van der Waals surface area contributed by atoms with Crippen LogP contribution in [0.5, 0.6) is 0 Å². The molecule has 0 amide bonds. The van der Waals surface area contributed by atoms with E-state index in [1.807, 2.05) is 6.20 Å². The van der Waals surface area contributed by atoms with Gasteiger partial charge in [-0.2, -0.15) is 8.75 Å². The predicted octanol–water partition coefficient (Wildman–Crippen LogP) is 1.35. The Morgan fingerprint density at radius 3 is 3.00 bits per heavy atom. The van der Waals surface area contributed by atoms with Crippen molar-refractivity contribution in [1.29, 1.82) is 0 Å². The molecule has 2 rings (SSSR count). The van der Waals surface area contributed by atoms with Crippen LogP contribution in [0.1, 0.15) is 18.5 Å². The van der Waals surface area contributed by atoms with E-state index in [0.29, 0.717) is 6.04 Å². The van der Waals surface area contributed by atoms with Gasteiger partial charge in [0.05, 0.1) is 23.6 Å². The van der Waals surface area contributed by atoms with E-state index < -0.39 is 0 Å². The third kappa shape index (κ3) is 1.89. The van der Waals surface area contributed by atoms with Gasteiger partial charge in [0, 0.05) is 12.6 Å². The second-order valence-electron chi connectivity index (χ2n) is 2.92. The zero-order valence-electron chi connectivity index (χ0n) is 6.73. The Bertz CT molecular complexity index is 247. The molecule has 12 heavy (non-hydrogen) atoms. The number of aromatic nitrogens is 2. The molecular weight excluding hydrogens is 170 g/mol. The monoisotopic (exact) mass is 181 g/mol. The summed E-state index contributed by atoms with van der Waals surface area (Å²) < 4.78 is 8.07. The molecule has 1 aliphatic carbocycles. The lowest BCUT2D eigenvalue weighted by Gasteiger charge is -2.09. The van der Waals surface area contributed by atoms with E-state index in [9.17, 15) is 0 Å². The molecule has 1 aromatic heterocycles. The highest BCUT2D eigenvalue weighted by atomic mass is 32.1. The van der Waals surface area contributed by atoms with Gasteiger partial charge >= 0.3 is 0 Å². The fourth-order valence-corrected chi connectivity index (χ4v) is 1.73. The zero-order valence-corrected chi connectivity index (χ0v) is 7.55. The van der Waals surface area contributed by atoms with Crippen LogP contribution in [0.25, 0.3) is 0 Å². The van der Waals surface area contributed by atoms with Gasteiger partial charge < -0.3 is 5.32 Å². The van der Waals surface area contributed by atoms with Gasteiger partial charge in [0.15, 0.2) is 0 Å². The lowest BCUT2D eigenvalue weighted by Crippen LogP contribution is -2.25. The Morgan fingerprint density at radius 2 is 2.33 bits per heavy atom. The van der Waals surface area contributed by atoms with Crippen LogP contribution in [0.15, 0.2) is 18.3 Å². The first-order valence-electron chi connectivity index (χ1n) is 4.10.